The molecule has 1 saturated heterocycles. The number of benzene rings is 1. The van der Waals surface area contributed by atoms with Crippen molar-refractivity contribution in [3.05, 3.63) is 29.8 Å². The average molecular weight is 373 g/mol. The minimum Gasteiger partial charge on any atom is -0.481 e. The smallest absolute Gasteiger partial charge is 0.319 e. The number of nitrogens with zero attached hydrogens (tertiary/aromatic N) is 1. The Bertz CT molecular complexity index is 698. The summed E-state index contributed by atoms with van der Waals surface area (Å²) >= 11 is 0. The Morgan fingerprint density at radius 2 is 1.93 bits per heavy atom. The van der Waals surface area contributed by atoms with Gasteiger partial charge in [0, 0.05) is 31.2 Å². The lowest BCUT2D eigenvalue weighted by molar-refractivity contribution is -0.142. The Morgan fingerprint density at radius 1 is 1.15 bits per heavy atom. The first-order valence-electron chi connectivity index (χ1n) is 9.68. The number of piperidine rings is 1. The van der Waals surface area contributed by atoms with Crippen LogP contribution < -0.4 is 10.6 Å². The van der Waals surface area contributed by atoms with E-state index in [4.69, 9.17) is 5.11 Å². The quantitative estimate of drug-likeness (QED) is 0.739. The van der Waals surface area contributed by atoms with E-state index in [0.717, 1.165) is 24.9 Å². The molecule has 3 amide bonds. The molecule has 0 bridgehead atoms. The molecule has 1 aromatic rings. The number of nitrogens with one attached hydrogen (secondary N) is 2. The van der Waals surface area contributed by atoms with E-state index >= 15 is 0 Å². The predicted molar refractivity (Wildman–Crippen MR) is 101 cm³/mol. The van der Waals surface area contributed by atoms with E-state index < -0.39 is 5.97 Å². The second-order valence-corrected chi connectivity index (χ2v) is 7.46. The third-order valence-corrected chi connectivity index (χ3v) is 5.39. The molecule has 0 radical (unpaired) electrons. The van der Waals surface area contributed by atoms with E-state index in [0.29, 0.717) is 44.3 Å². The number of carbonyl (C=O) groups is 3. The third-order valence-electron chi connectivity index (χ3n) is 5.39. The Kier molecular flexibility index (Phi) is 6.32. The first kappa shape index (κ1) is 19.2. The maximum Gasteiger partial charge on any atom is 0.319 e. The van der Waals surface area contributed by atoms with Gasteiger partial charge in [0.05, 0.1) is 5.92 Å². The number of rotatable bonds is 5. The van der Waals surface area contributed by atoms with Crippen LogP contribution in [0.25, 0.3) is 0 Å². The number of likely N-dealkylation sites (tertiary alicyclic amines) is 1. The highest BCUT2D eigenvalue weighted by molar-refractivity contribution is 5.89. The summed E-state index contributed by atoms with van der Waals surface area (Å²) in [5, 5.41) is 14.8. The van der Waals surface area contributed by atoms with Crippen LogP contribution in [0.15, 0.2) is 24.3 Å². The van der Waals surface area contributed by atoms with Gasteiger partial charge in [0.2, 0.25) is 5.91 Å². The monoisotopic (exact) mass is 373 g/mol. The van der Waals surface area contributed by atoms with Crippen LogP contribution in [-0.2, 0) is 16.1 Å². The van der Waals surface area contributed by atoms with Crippen LogP contribution in [0.3, 0.4) is 0 Å². The van der Waals surface area contributed by atoms with E-state index in [1.165, 1.54) is 0 Å². The van der Waals surface area contributed by atoms with E-state index in [2.05, 4.69) is 10.6 Å². The lowest BCUT2D eigenvalue weighted by Gasteiger charge is -2.27. The SMILES string of the molecule is O=C(Nc1cccc(CN2CCCCC2=O)c1)NC1CCC(C(=O)O)CC1. The number of carboxylic acid groups (broad SMARTS) is 1. The topological polar surface area (TPSA) is 98.7 Å². The lowest BCUT2D eigenvalue weighted by Crippen LogP contribution is -2.41. The van der Waals surface area contributed by atoms with Crippen LogP contribution >= 0.6 is 0 Å². The zero-order valence-corrected chi connectivity index (χ0v) is 15.4. The van der Waals surface area contributed by atoms with Crippen molar-refractivity contribution in [3.63, 3.8) is 0 Å². The summed E-state index contributed by atoms with van der Waals surface area (Å²) in [6.07, 6.45) is 5.18. The summed E-state index contributed by atoms with van der Waals surface area (Å²) in [6, 6.07) is 7.27. The fourth-order valence-electron chi connectivity index (χ4n) is 3.83. The number of amides is 3. The Balaban J connectivity index is 1.49. The standard InChI is InChI=1S/C20H27N3O4/c24-18-6-1-2-11-23(18)13-14-4-3-5-17(12-14)22-20(27)21-16-9-7-15(8-10-16)19(25)26/h3-5,12,15-16H,1-2,6-11,13H2,(H,25,26)(H2,21,22,27). The summed E-state index contributed by atoms with van der Waals surface area (Å²) in [5.74, 6) is -0.850. The molecule has 1 saturated carbocycles. The number of carbonyl (C=O) groups excluding carboxylic acids is 2. The Morgan fingerprint density at radius 3 is 2.63 bits per heavy atom. The van der Waals surface area contributed by atoms with E-state index in [9.17, 15) is 14.4 Å². The number of anilines is 1. The van der Waals surface area contributed by atoms with E-state index in [1.54, 1.807) is 0 Å². The van der Waals surface area contributed by atoms with Crippen molar-refractivity contribution < 1.29 is 19.5 Å². The molecule has 27 heavy (non-hydrogen) atoms. The summed E-state index contributed by atoms with van der Waals surface area (Å²) in [7, 11) is 0. The molecule has 7 nitrogen and oxygen atoms in total. The molecule has 0 aromatic heterocycles. The summed E-state index contributed by atoms with van der Waals surface area (Å²) in [4.78, 5) is 37.1. The second kappa shape index (κ2) is 8.88. The lowest BCUT2D eigenvalue weighted by atomic mass is 9.86. The summed E-state index contributed by atoms with van der Waals surface area (Å²) in [5.41, 5.74) is 1.68. The fraction of sp³-hybridized carbons (Fsp3) is 0.550. The molecular formula is C20H27N3O4. The maximum atomic E-state index is 12.2. The van der Waals surface area contributed by atoms with Gasteiger partial charge in [-0.25, -0.2) is 4.79 Å². The normalized spacial score (nSPS) is 23.0. The van der Waals surface area contributed by atoms with Gasteiger partial charge in [0.25, 0.3) is 0 Å². The van der Waals surface area contributed by atoms with Gasteiger partial charge in [0.1, 0.15) is 0 Å². The molecule has 146 valence electrons. The molecule has 1 aliphatic carbocycles. The van der Waals surface area contributed by atoms with Crippen LogP contribution in [0.5, 0.6) is 0 Å². The van der Waals surface area contributed by atoms with Gasteiger partial charge in [-0.15, -0.1) is 0 Å². The van der Waals surface area contributed by atoms with Crippen LogP contribution in [0, 0.1) is 5.92 Å². The van der Waals surface area contributed by atoms with Crippen molar-refractivity contribution in [3.8, 4) is 0 Å². The van der Waals surface area contributed by atoms with Gasteiger partial charge >= 0.3 is 12.0 Å². The van der Waals surface area contributed by atoms with Crippen molar-refractivity contribution >= 4 is 23.6 Å². The van der Waals surface area contributed by atoms with Gasteiger partial charge in [0.15, 0.2) is 0 Å². The van der Waals surface area contributed by atoms with Gasteiger partial charge in [-0.3, -0.25) is 9.59 Å². The molecule has 1 aromatic carbocycles. The molecule has 2 fully saturated rings. The molecule has 2 aliphatic rings. The highest BCUT2D eigenvalue weighted by Gasteiger charge is 2.26. The molecule has 0 spiro atoms. The number of urea groups is 1. The van der Waals surface area contributed by atoms with Crippen LogP contribution in [0.2, 0.25) is 0 Å². The third kappa shape index (κ3) is 5.45. The molecule has 1 heterocycles. The molecule has 0 atom stereocenters. The number of hydrogen-bond acceptors (Lipinski definition) is 3. The van der Waals surface area contributed by atoms with Crippen molar-refractivity contribution in [2.75, 3.05) is 11.9 Å². The predicted octanol–water partition coefficient (Wildman–Crippen LogP) is 2.96. The molecule has 0 unspecified atom stereocenters. The average Bonchev–Trinajstić information content (AvgIpc) is 2.64. The molecular weight excluding hydrogens is 346 g/mol. The molecule has 3 rings (SSSR count). The minimum atomic E-state index is -0.748. The molecule has 1 aliphatic heterocycles. The van der Waals surface area contributed by atoms with Crippen LogP contribution in [-0.4, -0.2) is 40.5 Å². The second-order valence-electron chi connectivity index (χ2n) is 7.46. The summed E-state index contributed by atoms with van der Waals surface area (Å²) in [6.45, 7) is 1.35. The first-order chi connectivity index (χ1) is 13.0. The van der Waals surface area contributed by atoms with Crippen molar-refractivity contribution in [2.45, 2.75) is 57.5 Å². The number of hydrogen-bond donors (Lipinski definition) is 3. The molecule has 3 N–H and O–H groups in total. The fourth-order valence-corrected chi connectivity index (χ4v) is 3.83. The minimum absolute atomic E-state index is 0.00903. The van der Waals surface area contributed by atoms with Crippen molar-refractivity contribution in [1.82, 2.24) is 10.2 Å². The first-order valence-corrected chi connectivity index (χ1v) is 9.68. The largest absolute Gasteiger partial charge is 0.481 e. The highest BCUT2D eigenvalue weighted by Crippen LogP contribution is 2.24. The number of aliphatic carboxylic acids is 1. The van der Waals surface area contributed by atoms with Crippen LogP contribution in [0.4, 0.5) is 10.5 Å². The van der Waals surface area contributed by atoms with Gasteiger partial charge in [-0.05, 0) is 56.2 Å². The van der Waals surface area contributed by atoms with E-state index in [-0.39, 0.29) is 23.9 Å². The van der Waals surface area contributed by atoms with Gasteiger partial charge in [-0.2, -0.15) is 0 Å². The van der Waals surface area contributed by atoms with Gasteiger partial charge in [-0.1, -0.05) is 12.1 Å². The summed E-state index contributed by atoms with van der Waals surface area (Å²) < 4.78 is 0. The number of carboxylic acids is 1. The maximum absolute atomic E-state index is 12.2. The molecule has 7 heteroatoms. The van der Waals surface area contributed by atoms with Gasteiger partial charge < -0.3 is 20.6 Å². The Hall–Kier alpha value is -2.57. The van der Waals surface area contributed by atoms with Crippen molar-refractivity contribution in [1.29, 1.82) is 0 Å². The zero-order valence-electron chi connectivity index (χ0n) is 15.4. The highest BCUT2D eigenvalue weighted by atomic mass is 16.4. The van der Waals surface area contributed by atoms with E-state index in [1.807, 2.05) is 29.2 Å². The Labute approximate surface area is 159 Å². The zero-order chi connectivity index (χ0) is 19.2. The van der Waals surface area contributed by atoms with Crippen molar-refractivity contribution in [2.24, 2.45) is 5.92 Å². The van der Waals surface area contributed by atoms with Crippen LogP contribution in [0.1, 0.15) is 50.5 Å².